The number of aliphatic hydroxyl groups is 1. The van der Waals surface area contributed by atoms with Gasteiger partial charge in [0.2, 0.25) is 0 Å². The zero-order valence-electron chi connectivity index (χ0n) is 9.04. The standard InChI is InChI=1S/C13H11N3O/c14-7-9-2-1-3-10(6-9)13(17)11-8-16-5-4-12(11)15/h1-6,8,13,17H,(H2,15,16). The monoisotopic (exact) mass is 225 g/mol. The fourth-order valence-electron chi connectivity index (χ4n) is 1.60. The van der Waals surface area contributed by atoms with Gasteiger partial charge in [0.05, 0.1) is 11.6 Å². The minimum Gasteiger partial charge on any atom is -0.398 e. The van der Waals surface area contributed by atoms with Gasteiger partial charge in [-0.3, -0.25) is 4.98 Å². The van der Waals surface area contributed by atoms with Crippen molar-refractivity contribution in [1.82, 2.24) is 4.98 Å². The van der Waals surface area contributed by atoms with Gasteiger partial charge in [0, 0.05) is 23.6 Å². The van der Waals surface area contributed by atoms with Crippen LogP contribution in [0.3, 0.4) is 0 Å². The summed E-state index contributed by atoms with van der Waals surface area (Å²) in [6.07, 6.45) is 2.23. The zero-order valence-corrected chi connectivity index (χ0v) is 9.04. The quantitative estimate of drug-likeness (QED) is 0.813. The van der Waals surface area contributed by atoms with Gasteiger partial charge in [0.1, 0.15) is 6.10 Å². The predicted molar refractivity (Wildman–Crippen MR) is 63.9 cm³/mol. The molecule has 84 valence electrons. The highest BCUT2D eigenvalue weighted by atomic mass is 16.3. The first-order valence-corrected chi connectivity index (χ1v) is 5.10. The molecule has 1 aromatic heterocycles. The lowest BCUT2D eigenvalue weighted by molar-refractivity contribution is 0.220. The molecular weight excluding hydrogens is 214 g/mol. The first-order valence-electron chi connectivity index (χ1n) is 5.10. The highest BCUT2D eigenvalue weighted by Crippen LogP contribution is 2.25. The molecule has 0 amide bonds. The molecule has 0 fully saturated rings. The zero-order chi connectivity index (χ0) is 12.3. The summed E-state index contributed by atoms with van der Waals surface area (Å²) in [5.41, 5.74) is 7.92. The van der Waals surface area contributed by atoms with E-state index in [1.165, 1.54) is 6.20 Å². The van der Waals surface area contributed by atoms with Crippen LogP contribution >= 0.6 is 0 Å². The normalized spacial score (nSPS) is 11.8. The molecule has 0 radical (unpaired) electrons. The van der Waals surface area contributed by atoms with E-state index in [1.54, 1.807) is 36.5 Å². The smallest absolute Gasteiger partial charge is 0.108 e. The maximum absolute atomic E-state index is 10.2. The number of pyridine rings is 1. The Balaban J connectivity index is 2.41. The van der Waals surface area contributed by atoms with E-state index in [-0.39, 0.29) is 0 Å². The number of nitrogens with two attached hydrogens (primary N) is 1. The number of anilines is 1. The van der Waals surface area contributed by atoms with Crippen molar-refractivity contribution in [3.8, 4) is 6.07 Å². The highest BCUT2D eigenvalue weighted by molar-refractivity contribution is 5.49. The van der Waals surface area contributed by atoms with Gasteiger partial charge in [0.25, 0.3) is 0 Å². The van der Waals surface area contributed by atoms with Crippen molar-refractivity contribution >= 4 is 5.69 Å². The fraction of sp³-hybridized carbons (Fsp3) is 0.0769. The number of nitrogens with zero attached hydrogens (tertiary/aromatic N) is 2. The molecule has 4 heteroatoms. The summed E-state index contributed by atoms with van der Waals surface area (Å²) >= 11 is 0. The Morgan fingerprint density at radius 3 is 2.88 bits per heavy atom. The van der Waals surface area contributed by atoms with Crippen molar-refractivity contribution in [2.75, 3.05) is 5.73 Å². The number of nitrogen functional groups attached to an aromatic ring is 1. The third kappa shape index (κ3) is 2.25. The number of aromatic nitrogens is 1. The van der Waals surface area contributed by atoms with E-state index < -0.39 is 6.10 Å². The van der Waals surface area contributed by atoms with Crippen molar-refractivity contribution in [2.45, 2.75) is 6.10 Å². The van der Waals surface area contributed by atoms with Gasteiger partial charge >= 0.3 is 0 Å². The van der Waals surface area contributed by atoms with Gasteiger partial charge in [-0.05, 0) is 23.8 Å². The second kappa shape index (κ2) is 4.64. The average molecular weight is 225 g/mol. The minimum atomic E-state index is -0.864. The Kier molecular flexibility index (Phi) is 3.03. The molecule has 2 rings (SSSR count). The van der Waals surface area contributed by atoms with E-state index >= 15 is 0 Å². The van der Waals surface area contributed by atoms with E-state index in [9.17, 15) is 5.11 Å². The molecule has 0 saturated heterocycles. The number of nitriles is 1. The summed E-state index contributed by atoms with van der Waals surface area (Å²) in [4.78, 5) is 3.93. The predicted octanol–water partition coefficient (Wildman–Crippen LogP) is 1.62. The van der Waals surface area contributed by atoms with Crippen molar-refractivity contribution in [3.63, 3.8) is 0 Å². The Morgan fingerprint density at radius 1 is 1.35 bits per heavy atom. The summed E-state index contributed by atoms with van der Waals surface area (Å²) < 4.78 is 0. The number of benzene rings is 1. The van der Waals surface area contributed by atoms with E-state index in [1.807, 2.05) is 6.07 Å². The fourth-order valence-corrected chi connectivity index (χ4v) is 1.60. The summed E-state index contributed by atoms with van der Waals surface area (Å²) in [6.45, 7) is 0. The first-order chi connectivity index (χ1) is 8.22. The second-order valence-electron chi connectivity index (χ2n) is 3.64. The molecule has 2 aromatic rings. The molecule has 0 aliphatic rings. The van der Waals surface area contributed by atoms with Crippen LogP contribution in [0.15, 0.2) is 42.7 Å². The van der Waals surface area contributed by atoms with Gasteiger partial charge in [0.15, 0.2) is 0 Å². The van der Waals surface area contributed by atoms with Crippen LogP contribution in [0.5, 0.6) is 0 Å². The Morgan fingerprint density at radius 2 is 2.18 bits per heavy atom. The van der Waals surface area contributed by atoms with Crippen LogP contribution in [-0.2, 0) is 0 Å². The molecule has 0 bridgehead atoms. The summed E-state index contributed by atoms with van der Waals surface area (Å²) in [6, 6.07) is 10.5. The largest absolute Gasteiger partial charge is 0.398 e. The van der Waals surface area contributed by atoms with E-state index in [0.29, 0.717) is 22.4 Å². The van der Waals surface area contributed by atoms with Crippen molar-refractivity contribution < 1.29 is 5.11 Å². The van der Waals surface area contributed by atoms with Gasteiger partial charge in [-0.2, -0.15) is 5.26 Å². The lowest BCUT2D eigenvalue weighted by Gasteiger charge is -2.13. The van der Waals surface area contributed by atoms with Gasteiger partial charge in [-0.15, -0.1) is 0 Å². The van der Waals surface area contributed by atoms with Crippen LogP contribution in [0, 0.1) is 11.3 Å². The van der Waals surface area contributed by atoms with Crippen LogP contribution in [0.25, 0.3) is 0 Å². The summed E-state index contributed by atoms with van der Waals surface area (Å²) in [5, 5.41) is 19.0. The summed E-state index contributed by atoms with van der Waals surface area (Å²) in [5.74, 6) is 0. The molecule has 1 aromatic carbocycles. The minimum absolute atomic E-state index is 0.481. The maximum atomic E-state index is 10.2. The van der Waals surface area contributed by atoms with Crippen LogP contribution in [0.1, 0.15) is 22.8 Å². The molecule has 4 nitrogen and oxygen atoms in total. The molecule has 1 heterocycles. The number of aliphatic hydroxyl groups excluding tert-OH is 1. The molecule has 3 N–H and O–H groups in total. The molecule has 0 spiro atoms. The topological polar surface area (TPSA) is 82.9 Å². The number of hydrogen-bond acceptors (Lipinski definition) is 4. The molecule has 17 heavy (non-hydrogen) atoms. The van der Waals surface area contributed by atoms with Crippen LogP contribution in [0.2, 0.25) is 0 Å². The number of rotatable bonds is 2. The Labute approximate surface area is 99.0 Å². The third-order valence-electron chi connectivity index (χ3n) is 2.51. The molecule has 1 atom stereocenters. The lowest BCUT2D eigenvalue weighted by Crippen LogP contribution is -2.04. The van der Waals surface area contributed by atoms with Crippen LogP contribution in [0.4, 0.5) is 5.69 Å². The molecule has 0 saturated carbocycles. The van der Waals surface area contributed by atoms with Crippen molar-refractivity contribution in [1.29, 1.82) is 5.26 Å². The van der Waals surface area contributed by atoms with Crippen LogP contribution < -0.4 is 5.73 Å². The first kappa shape index (κ1) is 11.1. The highest BCUT2D eigenvalue weighted by Gasteiger charge is 2.13. The number of hydrogen-bond donors (Lipinski definition) is 2. The SMILES string of the molecule is N#Cc1cccc(C(O)c2cnccc2N)c1. The average Bonchev–Trinajstić information content (AvgIpc) is 2.38. The Hall–Kier alpha value is -2.38. The van der Waals surface area contributed by atoms with Gasteiger partial charge < -0.3 is 10.8 Å². The molecule has 0 aliphatic carbocycles. The third-order valence-corrected chi connectivity index (χ3v) is 2.51. The maximum Gasteiger partial charge on any atom is 0.108 e. The Bertz CT molecular complexity index is 575. The molecule has 1 unspecified atom stereocenters. The second-order valence-corrected chi connectivity index (χ2v) is 3.64. The summed E-state index contributed by atoms with van der Waals surface area (Å²) in [7, 11) is 0. The van der Waals surface area contributed by atoms with Gasteiger partial charge in [-0.25, -0.2) is 0 Å². The van der Waals surface area contributed by atoms with Gasteiger partial charge in [-0.1, -0.05) is 12.1 Å². The van der Waals surface area contributed by atoms with E-state index in [2.05, 4.69) is 4.98 Å². The van der Waals surface area contributed by atoms with Crippen LogP contribution in [-0.4, -0.2) is 10.1 Å². The van der Waals surface area contributed by atoms with E-state index in [4.69, 9.17) is 11.0 Å². The van der Waals surface area contributed by atoms with Crippen molar-refractivity contribution in [2.24, 2.45) is 0 Å². The van der Waals surface area contributed by atoms with E-state index in [0.717, 1.165) is 0 Å². The lowest BCUT2D eigenvalue weighted by atomic mass is 10.0. The van der Waals surface area contributed by atoms with Crippen molar-refractivity contribution in [3.05, 3.63) is 59.4 Å². The molecular formula is C13H11N3O. The molecule has 0 aliphatic heterocycles.